The molecular weight excluding hydrogens is 186 g/mol. The maximum absolute atomic E-state index is 5.48. The van der Waals surface area contributed by atoms with E-state index in [-0.39, 0.29) is 0 Å². The molecule has 0 aromatic heterocycles. The summed E-state index contributed by atoms with van der Waals surface area (Å²) >= 11 is 0. The molecule has 0 bridgehead atoms. The van der Waals surface area contributed by atoms with Gasteiger partial charge in [-0.3, -0.25) is 0 Å². The second-order valence-corrected chi connectivity index (χ2v) is 4.00. The average Bonchev–Trinajstić information content (AvgIpc) is 2.71. The predicted octanol–water partition coefficient (Wildman–Crippen LogP) is 2.16. The third-order valence-electron chi connectivity index (χ3n) is 2.82. The summed E-state index contributed by atoms with van der Waals surface area (Å²) in [4.78, 5) is 0. The molecule has 0 spiro atoms. The highest BCUT2D eigenvalue weighted by Gasteiger charge is 2.11. The van der Waals surface area contributed by atoms with E-state index < -0.39 is 0 Å². The van der Waals surface area contributed by atoms with Gasteiger partial charge in [-0.15, -0.1) is 0 Å². The Balaban J connectivity index is 1.87. The summed E-state index contributed by atoms with van der Waals surface area (Å²) in [5.41, 5.74) is 2.83. The minimum absolute atomic E-state index is 0.857. The van der Waals surface area contributed by atoms with E-state index in [9.17, 15) is 0 Å². The van der Waals surface area contributed by atoms with Crippen LogP contribution in [-0.4, -0.2) is 19.7 Å². The maximum Gasteiger partial charge on any atom is 0.122 e. The van der Waals surface area contributed by atoms with Crippen LogP contribution in [0.15, 0.2) is 18.2 Å². The monoisotopic (exact) mass is 205 g/mol. The van der Waals surface area contributed by atoms with E-state index in [1.807, 2.05) is 0 Å². The first-order valence-corrected chi connectivity index (χ1v) is 5.85. The number of rotatable bonds is 5. The lowest BCUT2D eigenvalue weighted by Crippen LogP contribution is -2.14. The lowest BCUT2D eigenvalue weighted by Gasteiger charge is -2.04. The van der Waals surface area contributed by atoms with Gasteiger partial charge in [0.1, 0.15) is 5.75 Å². The minimum Gasteiger partial charge on any atom is -0.493 e. The van der Waals surface area contributed by atoms with Crippen LogP contribution in [0.2, 0.25) is 0 Å². The zero-order valence-electron chi connectivity index (χ0n) is 9.38. The number of benzene rings is 1. The Morgan fingerprint density at radius 1 is 1.40 bits per heavy atom. The topological polar surface area (TPSA) is 21.3 Å². The molecule has 15 heavy (non-hydrogen) atoms. The van der Waals surface area contributed by atoms with Crippen molar-refractivity contribution < 1.29 is 4.74 Å². The van der Waals surface area contributed by atoms with Gasteiger partial charge in [0.15, 0.2) is 0 Å². The minimum atomic E-state index is 0.857. The average molecular weight is 205 g/mol. The van der Waals surface area contributed by atoms with Crippen molar-refractivity contribution in [3.8, 4) is 5.75 Å². The third kappa shape index (κ3) is 2.72. The van der Waals surface area contributed by atoms with E-state index >= 15 is 0 Å². The number of ether oxygens (including phenoxy) is 1. The summed E-state index contributed by atoms with van der Waals surface area (Å²) in [5, 5.41) is 3.35. The summed E-state index contributed by atoms with van der Waals surface area (Å²) in [5.74, 6) is 1.09. The predicted molar refractivity (Wildman–Crippen MR) is 62.5 cm³/mol. The first-order chi connectivity index (χ1) is 7.40. The van der Waals surface area contributed by atoms with Crippen LogP contribution in [0.25, 0.3) is 0 Å². The second-order valence-electron chi connectivity index (χ2n) is 4.00. The molecule has 1 N–H and O–H groups in total. The van der Waals surface area contributed by atoms with E-state index in [4.69, 9.17) is 4.74 Å². The molecule has 0 atom stereocenters. The van der Waals surface area contributed by atoms with Gasteiger partial charge in [-0.2, -0.15) is 0 Å². The summed E-state index contributed by atoms with van der Waals surface area (Å²) in [6, 6.07) is 6.61. The van der Waals surface area contributed by atoms with E-state index in [0.29, 0.717) is 0 Å². The van der Waals surface area contributed by atoms with Crippen LogP contribution in [-0.2, 0) is 12.8 Å². The fourth-order valence-electron chi connectivity index (χ4n) is 1.99. The zero-order chi connectivity index (χ0) is 10.5. The van der Waals surface area contributed by atoms with Crippen molar-refractivity contribution in [1.29, 1.82) is 0 Å². The largest absolute Gasteiger partial charge is 0.493 e. The van der Waals surface area contributed by atoms with Gasteiger partial charge in [-0.1, -0.05) is 19.1 Å². The number of hydrogen-bond acceptors (Lipinski definition) is 2. The van der Waals surface area contributed by atoms with Gasteiger partial charge >= 0.3 is 0 Å². The Kier molecular flexibility index (Phi) is 3.62. The van der Waals surface area contributed by atoms with Crippen molar-refractivity contribution in [2.45, 2.75) is 26.2 Å². The first kappa shape index (κ1) is 10.5. The van der Waals surface area contributed by atoms with Crippen molar-refractivity contribution >= 4 is 0 Å². The van der Waals surface area contributed by atoms with Gasteiger partial charge in [0, 0.05) is 6.42 Å². The number of nitrogens with one attached hydrogen (secondary N) is 1. The van der Waals surface area contributed by atoms with Gasteiger partial charge in [-0.05, 0) is 43.1 Å². The summed E-state index contributed by atoms with van der Waals surface area (Å²) in [6.45, 7) is 5.19. The van der Waals surface area contributed by atoms with Crippen molar-refractivity contribution in [2.75, 3.05) is 19.7 Å². The van der Waals surface area contributed by atoms with E-state index in [2.05, 4.69) is 30.4 Å². The maximum atomic E-state index is 5.48. The highest BCUT2D eigenvalue weighted by atomic mass is 16.5. The van der Waals surface area contributed by atoms with Crippen LogP contribution in [0, 0.1) is 0 Å². The van der Waals surface area contributed by atoms with Crippen molar-refractivity contribution in [2.24, 2.45) is 0 Å². The van der Waals surface area contributed by atoms with Gasteiger partial charge in [0.2, 0.25) is 0 Å². The molecular formula is C13H19NO. The summed E-state index contributed by atoms with van der Waals surface area (Å²) in [6.07, 6.45) is 3.46. The molecule has 82 valence electrons. The van der Waals surface area contributed by atoms with E-state index in [1.54, 1.807) is 0 Å². The summed E-state index contributed by atoms with van der Waals surface area (Å²) in [7, 11) is 0. The van der Waals surface area contributed by atoms with Crippen LogP contribution in [0.4, 0.5) is 0 Å². The molecule has 0 saturated heterocycles. The fourth-order valence-corrected chi connectivity index (χ4v) is 1.99. The Bertz CT molecular complexity index is 322. The quantitative estimate of drug-likeness (QED) is 0.744. The highest BCUT2D eigenvalue weighted by Crippen LogP contribution is 2.26. The normalized spacial score (nSPS) is 13.7. The van der Waals surface area contributed by atoms with Crippen molar-refractivity contribution in [3.05, 3.63) is 29.3 Å². The molecule has 1 heterocycles. The molecule has 0 saturated carbocycles. The van der Waals surface area contributed by atoms with Crippen molar-refractivity contribution in [1.82, 2.24) is 5.32 Å². The van der Waals surface area contributed by atoms with E-state index in [0.717, 1.165) is 31.9 Å². The molecule has 1 aromatic rings. The fraction of sp³-hybridized carbons (Fsp3) is 0.538. The highest BCUT2D eigenvalue weighted by molar-refractivity contribution is 5.39. The molecule has 2 rings (SSSR count). The molecule has 0 aliphatic carbocycles. The molecule has 1 aromatic carbocycles. The van der Waals surface area contributed by atoms with Crippen molar-refractivity contribution in [3.63, 3.8) is 0 Å². The lowest BCUT2D eigenvalue weighted by atomic mass is 10.0. The lowest BCUT2D eigenvalue weighted by molar-refractivity contribution is 0.357. The standard InChI is InChI=1S/C13H19NO/c1-2-14-8-3-4-11-5-6-13-12(10-11)7-9-15-13/h5-6,10,14H,2-4,7-9H2,1H3. The molecule has 0 fully saturated rings. The number of fused-ring (bicyclic) bond motifs is 1. The van der Waals surface area contributed by atoms with Gasteiger partial charge in [0.05, 0.1) is 6.61 Å². The van der Waals surface area contributed by atoms with Crippen LogP contribution in [0.5, 0.6) is 5.75 Å². The third-order valence-corrected chi connectivity index (χ3v) is 2.82. The number of aryl methyl sites for hydroxylation is 1. The Morgan fingerprint density at radius 3 is 3.20 bits per heavy atom. The van der Waals surface area contributed by atoms with Crippen LogP contribution >= 0.6 is 0 Å². The molecule has 1 aliphatic heterocycles. The van der Waals surface area contributed by atoms with Crippen LogP contribution in [0.1, 0.15) is 24.5 Å². The Labute approximate surface area is 91.6 Å². The van der Waals surface area contributed by atoms with E-state index in [1.165, 1.54) is 24.0 Å². The SMILES string of the molecule is CCNCCCc1ccc2c(c1)CCO2. The van der Waals surface area contributed by atoms with Crippen LogP contribution in [0.3, 0.4) is 0 Å². The molecule has 1 aliphatic rings. The molecule has 2 heteroatoms. The smallest absolute Gasteiger partial charge is 0.122 e. The molecule has 2 nitrogen and oxygen atoms in total. The van der Waals surface area contributed by atoms with Gasteiger partial charge in [0.25, 0.3) is 0 Å². The molecule has 0 unspecified atom stereocenters. The second kappa shape index (κ2) is 5.17. The van der Waals surface area contributed by atoms with Gasteiger partial charge in [-0.25, -0.2) is 0 Å². The molecule has 0 amide bonds. The van der Waals surface area contributed by atoms with Crippen LogP contribution < -0.4 is 10.1 Å². The zero-order valence-corrected chi connectivity index (χ0v) is 9.38. The number of hydrogen-bond donors (Lipinski definition) is 1. The Hall–Kier alpha value is -1.02. The van der Waals surface area contributed by atoms with Gasteiger partial charge < -0.3 is 10.1 Å². The Morgan fingerprint density at radius 2 is 2.33 bits per heavy atom. The molecule has 0 radical (unpaired) electrons. The summed E-state index contributed by atoms with van der Waals surface area (Å²) < 4.78 is 5.48. The first-order valence-electron chi connectivity index (χ1n) is 5.85.